The van der Waals surface area contributed by atoms with Crippen LogP contribution in [0.2, 0.25) is 0 Å². The number of ether oxygens (including phenoxy) is 1. The number of nitrogens with one attached hydrogen (secondary N) is 1. The smallest absolute Gasteiger partial charge is 0.0965 e. The van der Waals surface area contributed by atoms with Crippen LogP contribution in [0.4, 0.5) is 0 Å². The van der Waals surface area contributed by atoms with Crippen LogP contribution < -0.4 is 0 Å². The number of aryl methyl sites for hydroxylation is 1. The van der Waals surface area contributed by atoms with E-state index in [1.54, 1.807) is 0 Å². The summed E-state index contributed by atoms with van der Waals surface area (Å²) in [6.07, 6.45) is 2.66. The zero-order valence-electron chi connectivity index (χ0n) is 13.1. The van der Waals surface area contributed by atoms with Crippen LogP contribution in [0.1, 0.15) is 30.5 Å². The van der Waals surface area contributed by atoms with Gasteiger partial charge in [0, 0.05) is 42.8 Å². The molecule has 2 saturated heterocycles. The highest BCUT2D eigenvalue weighted by molar-refractivity contribution is 5.84. The molecule has 2 N–H and O–H groups in total. The summed E-state index contributed by atoms with van der Waals surface area (Å²) in [6, 6.07) is 8.43. The Balaban J connectivity index is 1.50. The van der Waals surface area contributed by atoms with Crippen LogP contribution in [0, 0.1) is 6.92 Å². The number of likely N-dealkylation sites (tertiary alicyclic amines) is 1. The van der Waals surface area contributed by atoms with Gasteiger partial charge in [0.2, 0.25) is 0 Å². The molecule has 3 heterocycles. The van der Waals surface area contributed by atoms with Crippen LogP contribution in [-0.4, -0.2) is 46.4 Å². The van der Waals surface area contributed by atoms with Gasteiger partial charge in [-0.25, -0.2) is 0 Å². The van der Waals surface area contributed by atoms with Crippen molar-refractivity contribution >= 4 is 10.9 Å². The predicted molar refractivity (Wildman–Crippen MR) is 86.9 cm³/mol. The number of aliphatic hydroxyl groups is 1. The number of fused-ring (bicyclic) bond motifs is 1. The Labute approximate surface area is 131 Å². The van der Waals surface area contributed by atoms with E-state index in [9.17, 15) is 5.11 Å². The van der Waals surface area contributed by atoms with E-state index >= 15 is 0 Å². The van der Waals surface area contributed by atoms with Gasteiger partial charge in [0.15, 0.2) is 0 Å². The maximum Gasteiger partial charge on any atom is 0.0965 e. The van der Waals surface area contributed by atoms with Crippen molar-refractivity contribution in [2.75, 3.05) is 19.7 Å². The molecule has 2 aliphatic heterocycles. The minimum Gasteiger partial charge on any atom is -0.389 e. The fourth-order valence-electron chi connectivity index (χ4n) is 4.06. The first kappa shape index (κ1) is 14.2. The van der Waals surface area contributed by atoms with Crippen molar-refractivity contribution < 1.29 is 9.84 Å². The van der Waals surface area contributed by atoms with E-state index < -0.39 is 0 Å². The summed E-state index contributed by atoms with van der Waals surface area (Å²) in [4.78, 5) is 5.88. The van der Waals surface area contributed by atoms with Crippen LogP contribution >= 0.6 is 0 Å². The molecule has 22 heavy (non-hydrogen) atoms. The first-order valence-corrected chi connectivity index (χ1v) is 8.28. The third-order valence-electron chi connectivity index (χ3n) is 5.47. The summed E-state index contributed by atoms with van der Waals surface area (Å²) in [5, 5.41) is 11.8. The zero-order valence-corrected chi connectivity index (χ0v) is 13.1. The highest BCUT2D eigenvalue weighted by Crippen LogP contribution is 2.36. The van der Waals surface area contributed by atoms with Crippen molar-refractivity contribution in [2.45, 2.75) is 44.4 Å². The quantitative estimate of drug-likeness (QED) is 0.896. The minimum atomic E-state index is -0.367. The van der Waals surface area contributed by atoms with Gasteiger partial charge in [-0.3, -0.25) is 4.90 Å². The summed E-state index contributed by atoms with van der Waals surface area (Å²) in [5.74, 6) is 0. The van der Waals surface area contributed by atoms with Crippen molar-refractivity contribution in [3.63, 3.8) is 0 Å². The normalized spacial score (nSPS) is 29.6. The van der Waals surface area contributed by atoms with Crippen molar-refractivity contribution in [3.05, 3.63) is 35.5 Å². The number of hydrogen-bond donors (Lipinski definition) is 2. The molecule has 1 aromatic heterocycles. The number of benzene rings is 1. The lowest BCUT2D eigenvalue weighted by Gasteiger charge is -2.42. The molecule has 2 fully saturated rings. The Morgan fingerprint density at radius 1 is 1.36 bits per heavy atom. The number of hydrogen-bond acceptors (Lipinski definition) is 3. The van der Waals surface area contributed by atoms with E-state index in [1.807, 2.05) is 0 Å². The van der Waals surface area contributed by atoms with Gasteiger partial charge in [-0.1, -0.05) is 18.2 Å². The summed E-state index contributed by atoms with van der Waals surface area (Å²) in [7, 11) is 0. The number of H-pyrrole nitrogens is 1. The Morgan fingerprint density at radius 2 is 2.23 bits per heavy atom. The average molecular weight is 300 g/mol. The Kier molecular flexibility index (Phi) is 3.48. The number of para-hydroxylation sites is 1. The summed E-state index contributed by atoms with van der Waals surface area (Å²) in [5.41, 5.74) is 3.52. The third kappa shape index (κ3) is 2.26. The molecule has 0 radical (unpaired) electrons. The molecule has 0 saturated carbocycles. The largest absolute Gasteiger partial charge is 0.389 e. The molecule has 4 heteroatoms. The van der Waals surface area contributed by atoms with E-state index in [-0.39, 0.29) is 11.7 Å². The second-order valence-corrected chi connectivity index (χ2v) is 6.79. The molecule has 2 aliphatic rings. The van der Waals surface area contributed by atoms with Gasteiger partial charge in [-0.15, -0.1) is 0 Å². The Morgan fingerprint density at radius 3 is 2.95 bits per heavy atom. The molecule has 1 aromatic carbocycles. The minimum absolute atomic E-state index is 0.258. The standard InChI is InChI=1S/C18H24N2O2/c1-13-14-5-2-3-6-15(14)19-16(13)11-20-9-8-18(17(21)12-20)7-4-10-22-18/h2-3,5-6,17,19,21H,4,7-12H2,1H3/t17-,18-/m0/s1. The van der Waals surface area contributed by atoms with E-state index in [0.29, 0.717) is 6.54 Å². The molecule has 0 aliphatic carbocycles. The maximum atomic E-state index is 10.5. The second-order valence-electron chi connectivity index (χ2n) is 6.79. The maximum absolute atomic E-state index is 10.5. The van der Waals surface area contributed by atoms with Crippen molar-refractivity contribution in [2.24, 2.45) is 0 Å². The number of aliphatic hydroxyl groups excluding tert-OH is 1. The van der Waals surface area contributed by atoms with Gasteiger partial charge in [0.1, 0.15) is 0 Å². The van der Waals surface area contributed by atoms with Crippen LogP contribution in [0.15, 0.2) is 24.3 Å². The highest BCUT2D eigenvalue weighted by atomic mass is 16.5. The van der Waals surface area contributed by atoms with Gasteiger partial charge in [0.25, 0.3) is 0 Å². The van der Waals surface area contributed by atoms with Crippen LogP contribution in [-0.2, 0) is 11.3 Å². The molecule has 0 amide bonds. The fraction of sp³-hybridized carbons (Fsp3) is 0.556. The lowest BCUT2D eigenvalue weighted by molar-refractivity contribution is -0.130. The average Bonchev–Trinajstić information content (AvgIpc) is 3.11. The SMILES string of the molecule is Cc1c(CN2CC[C@@]3(CCCO3)[C@@H](O)C2)[nH]c2ccccc12. The van der Waals surface area contributed by atoms with Crippen LogP contribution in [0.3, 0.4) is 0 Å². The number of nitrogens with zero attached hydrogens (tertiary/aromatic N) is 1. The molecule has 118 valence electrons. The number of aromatic nitrogens is 1. The van der Waals surface area contributed by atoms with E-state index in [0.717, 1.165) is 39.0 Å². The fourth-order valence-corrected chi connectivity index (χ4v) is 4.06. The first-order valence-electron chi connectivity index (χ1n) is 8.28. The number of β-amino-alcohol motifs (C(OH)–C–C–N with tert-alkyl or cyclic N) is 1. The van der Waals surface area contributed by atoms with E-state index in [4.69, 9.17) is 4.74 Å². The third-order valence-corrected chi connectivity index (χ3v) is 5.47. The van der Waals surface area contributed by atoms with E-state index in [1.165, 1.54) is 22.2 Å². The second kappa shape index (κ2) is 5.37. The van der Waals surface area contributed by atoms with Gasteiger partial charge in [-0.05, 0) is 37.8 Å². The van der Waals surface area contributed by atoms with Crippen molar-refractivity contribution in [1.82, 2.24) is 9.88 Å². The topological polar surface area (TPSA) is 48.5 Å². The molecule has 2 atom stereocenters. The lowest BCUT2D eigenvalue weighted by Crippen LogP contribution is -2.54. The number of rotatable bonds is 2. The summed E-state index contributed by atoms with van der Waals surface area (Å²) >= 11 is 0. The summed E-state index contributed by atoms with van der Waals surface area (Å²) < 4.78 is 5.88. The molecule has 4 rings (SSSR count). The van der Waals surface area contributed by atoms with Gasteiger partial charge in [0.05, 0.1) is 11.7 Å². The van der Waals surface area contributed by atoms with Crippen molar-refractivity contribution in [3.8, 4) is 0 Å². The number of piperidine rings is 1. The zero-order chi connectivity index (χ0) is 15.2. The van der Waals surface area contributed by atoms with Crippen LogP contribution in [0.25, 0.3) is 10.9 Å². The Bertz CT molecular complexity index is 673. The Hall–Kier alpha value is -1.36. The molecule has 4 nitrogen and oxygen atoms in total. The first-order chi connectivity index (χ1) is 10.7. The van der Waals surface area contributed by atoms with Crippen molar-refractivity contribution in [1.29, 1.82) is 0 Å². The van der Waals surface area contributed by atoms with Crippen LogP contribution in [0.5, 0.6) is 0 Å². The molecule has 0 unspecified atom stereocenters. The lowest BCUT2D eigenvalue weighted by atomic mass is 9.86. The molecular formula is C18H24N2O2. The molecule has 1 spiro atoms. The van der Waals surface area contributed by atoms with Gasteiger partial charge >= 0.3 is 0 Å². The van der Waals surface area contributed by atoms with Gasteiger partial charge in [-0.2, -0.15) is 0 Å². The summed E-state index contributed by atoms with van der Waals surface area (Å²) in [6.45, 7) is 5.54. The highest BCUT2D eigenvalue weighted by Gasteiger charge is 2.45. The monoisotopic (exact) mass is 300 g/mol. The molecular weight excluding hydrogens is 276 g/mol. The number of aromatic amines is 1. The van der Waals surface area contributed by atoms with Gasteiger partial charge < -0.3 is 14.8 Å². The molecule has 0 bridgehead atoms. The van der Waals surface area contributed by atoms with E-state index in [2.05, 4.69) is 41.1 Å². The molecule has 2 aromatic rings. The predicted octanol–water partition coefficient (Wildman–Crippen LogP) is 2.59.